The van der Waals surface area contributed by atoms with E-state index < -0.39 is 0 Å². The van der Waals surface area contributed by atoms with Gasteiger partial charge in [-0.1, -0.05) is 31.0 Å². The highest BCUT2D eigenvalue weighted by Crippen LogP contribution is 2.38. The highest BCUT2D eigenvalue weighted by atomic mass is 32.2. The fourth-order valence-corrected chi connectivity index (χ4v) is 4.71. The maximum Gasteiger partial charge on any atom is 0.199 e. The van der Waals surface area contributed by atoms with Crippen LogP contribution in [0.25, 0.3) is 0 Å². The predicted octanol–water partition coefficient (Wildman–Crippen LogP) is 4.34. The van der Waals surface area contributed by atoms with Crippen molar-refractivity contribution in [2.75, 3.05) is 31.8 Å². The monoisotopic (exact) mass is 440 g/mol. The number of nitrogens with two attached hydrogens (primary N) is 1. The zero-order valence-corrected chi connectivity index (χ0v) is 19.9. The Balaban J connectivity index is 1.79. The van der Waals surface area contributed by atoms with E-state index in [-0.39, 0.29) is 5.16 Å². The molecule has 1 aliphatic rings. The number of hydrogen-bond donors (Lipinski definition) is 2. The second-order valence-electron chi connectivity index (χ2n) is 7.74. The van der Waals surface area contributed by atoms with E-state index in [1.165, 1.54) is 32.1 Å². The molecule has 5 nitrogen and oxygen atoms in total. The van der Waals surface area contributed by atoms with Gasteiger partial charge in [0.25, 0.3) is 0 Å². The summed E-state index contributed by atoms with van der Waals surface area (Å²) in [6.07, 6.45) is 6.42. The number of amidine groups is 1. The third-order valence-electron chi connectivity index (χ3n) is 5.05. The van der Waals surface area contributed by atoms with E-state index in [9.17, 15) is 0 Å². The molecule has 0 heterocycles. The number of thioether (sulfide) groups is 1. The van der Waals surface area contributed by atoms with Crippen LogP contribution in [0.2, 0.25) is 0 Å². The van der Waals surface area contributed by atoms with Crippen molar-refractivity contribution in [1.82, 2.24) is 4.90 Å². The Morgan fingerprint density at radius 2 is 1.96 bits per heavy atom. The van der Waals surface area contributed by atoms with Gasteiger partial charge in [0.2, 0.25) is 0 Å². The summed E-state index contributed by atoms with van der Waals surface area (Å²) < 4.78 is 5.80. The van der Waals surface area contributed by atoms with Crippen LogP contribution >= 0.6 is 33.2 Å². The van der Waals surface area contributed by atoms with Gasteiger partial charge in [-0.05, 0) is 75.5 Å². The normalized spacial score (nSPS) is 18.0. The lowest BCUT2D eigenvalue weighted by molar-refractivity contribution is 0.198. The van der Waals surface area contributed by atoms with Crippen molar-refractivity contribution < 1.29 is 4.74 Å². The number of ether oxygens (including phenoxy) is 1. The molecule has 0 radical (unpaired) electrons. The summed E-state index contributed by atoms with van der Waals surface area (Å²) in [4.78, 5) is 6.45. The van der Waals surface area contributed by atoms with E-state index in [1.807, 2.05) is 38.4 Å². The molecule has 8 heteroatoms. The standard InChI is InChI=1S/C20H33N4OPS2/c1-15(24(2)3)13-25-17-9-7-16(8-10-17)22-19(27)23-18(21)28-14-20(26)11-5-4-6-12-20/h7-10,15H,4-6,11-14,26H2,1-3H3,(H3,21,22,23,27). The van der Waals surface area contributed by atoms with Gasteiger partial charge in [0.15, 0.2) is 10.3 Å². The molecule has 0 bridgehead atoms. The number of aliphatic imine (C=N–C) groups is 1. The third-order valence-corrected chi connectivity index (χ3v) is 7.42. The Labute approximate surface area is 181 Å². The van der Waals surface area contributed by atoms with E-state index in [0.717, 1.165) is 17.2 Å². The minimum atomic E-state index is 0.290. The first-order valence-corrected chi connectivity index (χ1v) is 11.7. The molecule has 0 amide bonds. The predicted molar refractivity (Wildman–Crippen MR) is 131 cm³/mol. The second kappa shape index (κ2) is 11.3. The van der Waals surface area contributed by atoms with Crippen molar-refractivity contribution in [2.24, 2.45) is 10.7 Å². The van der Waals surface area contributed by atoms with E-state index in [0.29, 0.717) is 22.9 Å². The maximum absolute atomic E-state index is 6.07. The van der Waals surface area contributed by atoms with Crippen molar-refractivity contribution in [3.8, 4) is 5.75 Å². The van der Waals surface area contributed by atoms with Crippen molar-refractivity contribution in [3.05, 3.63) is 24.3 Å². The first-order valence-electron chi connectivity index (χ1n) is 9.73. The summed E-state index contributed by atoms with van der Waals surface area (Å²) in [6.45, 7) is 2.77. The molecule has 1 aromatic rings. The number of hydrogen-bond acceptors (Lipinski definition) is 4. The fourth-order valence-electron chi connectivity index (χ4n) is 2.90. The van der Waals surface area contributed by atoms with Crippen LogP contribution in [0.4, 0.5) is 5.69 Å². The fraction of sp³-hybridized carbons (Fsp3) is 0.600. The van der Waals surface area contributed by atoms with Crippen molar-refractivity contribution in [2.45, 2.75) is 50.2 Å². The largest absolute Gasteiger partial charge is 0.492 e. The number of nitrogens with one attached hydrogen (secondary N) is 1. The average Bonchev–Trinajstić information content (AvgIpc) is 2.66. The highest BCUT2D eigenvalue weighted by molar-refractivity contribution is 8.14. The lowest BCUT2D eigenvalue weighted by Crippen LogP contribution is -2.30. The molecule has 2 unspecified atom stereocenters. The number of benzene rings is 1. The molecule has 28 heavy (non-hydrogen) atoms. The van der Waals surface area contributed by atoms with Crippen LogP contribution in [0, 0.1) is 0 Å². The summed E-state index contributed by atoms with van der Waals surface area (Å²) in [5, 5.41) is 4.29. The van der Waals surface area contributed by atoms with E-state index >= 15 is 0 Å². The molecular formula is C20H33N4OPS2. The van der Waals surface area contributed by atoms with Gasteiger partial charge in [-0.3, -0.25) is 0 Å². The summed E-state index contributed by atoms with van der Waals surface area (Å²) >= 11 is 6.91. The summed E-state index contributed by atoms with van der Waals surface area (Å²) in [5.41, 5.74) is 6.94. The van der Waals surface area contributed by atoms with Gasteiger partial charge in [-0.25, -0.2) is 0 Å². The topological polar surface area (TPSA) is 62.9 Å². The number of rotatable bonds is 7. The molecular weight excluding hydrogens is 407 g/mol. The molecule has 3 N–H and O–H groups in total. The van der Waals surface area contributed by atoms with Crippen LogP contribution in [0.1, 0.15) is 39.0 Å². The van der Waals surface area contributed by atoms with Gasteiger partial charge in [0, 0.05) is 17.5 Å². The smallest absolute Gasteiger partial charge is 0.199 e. The Kier molecular flexibility index (Phi) is 9.48. The van der Waals surface area contributed by atoms with E-state index in [2.05, 4.69) is 31.4 Å². The van der Waals surface area contributed by atoms with Crippen LogP contribution in [-0.2, 0) is 0 Å². The van der Waals surface area contributed by atoms with Crippen molar-refractivity contribution in [1.29, 1.82) is 0 Å². The van der Waals surface area contributed by atoms with Crippen molar-refractivity contribution in [3.63, 3.8) is 0 Å². The Hall–Kier alpha value is -0.880. The molecule has 2 rings (SSSR count). The summed E-state index contributed by atoms with van der Waals surface area (Å²) in [5.74, 6) is 1.80. The molecule has 2 atom stereocenters. The van der Waals surface area contributed by atoms with E-state index in [1.54, 1.807) is 11.8 Å². The molecule has 0 spiro atoms. The lowest BCUT2D eigenvalue weighted by Gasteiger charge is -2.32. The molecule has 0 aliphatic heterocycles. The zero-order chi connectivity index (χ0) is 20.6. The molecule has 1 saturated carbocycles. The van der Waals surface area contributed by atoms with Gasteiger partial charge >= 0.3 is 0 Å². The number of thiocarbonyl (C=S) groups is 1. The average molecular weight is 441 g/mol. The molecule has 0 aromatic heterocycles. The minimum Gasteiger partial charge on any atom is -0.492 e. The first-order chi connectivity index (χ1) is 13.3. The third kappa shape index (κ3) is 8.24. The van der Waals surface area contributed by atoms with Gasteiger partial charge in [-0.2, -0.15) is 4.99 Å². The molecule has 1 fully saturated rings. The van der Waals surface area contributed by atoms with Gasteiger partial charge < -0.3 is 20.7 Å². The Morgan fingerprint density at radius 1 is 1.32 bits per heavy atom. The van der Waals surface area contributed by atoms with Crippen LogP contribution in [0.3, 0.4) is 0 Å². The van der Waals surface area contributed by atoms with Gasteiger partial charge in [0.05, 0.1) is 0 Å². The first kappa shape index (κ1) is 23.4. The summed E-state index contributed by atoms with van der Waals surface area (Å²) in [6, 6.07) is 8.07. The van der Waals surface area contributed by atoms with Crippen LogP contribution in [0.5, 0.6) is 5.75 Å². The van der Waals surface area contributed by atoms with Crippen molar-refractivity contribution >= 4 is 49.2 Å². The molecule has 156 valence electrons. The zero-order valence-electron chi connectivity index (χ0n) is 17.1. The quantitative estimate of drug-likeness (QED) is 0.285. The molecule has 1 aromatic carbocycles. The Morgan fingerprint density at radius 3 is 2.57 bits per heavy atom. The molecule has 1 aliphatic carbocycles. The lowest BCUT2D eigenvalue weighted by atomic mass is 9.90. The van der Waals surface area contributed by atoms with Crippen LogP contribution in [-0.4, -0.2) is 52.8 Å². The second-order valence-corrected chi connectivity index (χ2v) is 10.3. The van der Waals surface area contributed by atoms with E-state index in [4.69, 9.17) is 22.7 Å². The maximum atomic E-state index is 6.07. The van der Waals surface area contributed by atoms with Crippen LogP contribution in [0.15, 0.2) is 29.3 Å². The van der Waals surface area contributed by atoms with Gasteiger partial charge in [0.1, 0.15) is 12.4 Å². The SMILES string of the molecule is CC(COc1ccc(NC(=S)/N=C(\N)SCC2(P)CCCCC2)cc1)N(C)C. The highest BCUT2D eigenvalue weighted by Gasteiger charge is 2.27. The number of nitrogens with zero attached hydrogens (tertiary/aromatic N) is 2. The number of anilines is 1. The number of likely N-dealkylation sites (N-methyl/N-ethyl adjacent to an activating group) is 1. The van der Waals surface area contributed by atoms with Gasteiger partial charge in [-0.15, -0.1) is 9.24 Å². The molecule has 0 saturated heterocycles. The minimum absolute atomic E-state index is 0.290. The van der Waals surface area contributed by atoms with Crippen LogP contribution < -0.4 is 15.8 Å². The summed E-state index contributed by atoms with van der Waals surface area (Å²) in [7, 11) is 7.12. The Bertz CT molecular complexity index is 661.